The molecule has 0 aromatic heterocycles. The number of likely N-dealkylation sites (tertiary alicyclic amines) is 1. The molecule has 2 aliphatic rings. The SMILES string of the molecule is C=CC(C)(C)[C@H]1CCN(C(=O)[C@@H](NC(=O)N[C@H](C(=O)c2ccccc2)C(C)C)C(C)(C)C)[C@@H]1C(O)NC(CC1CC1(F)F)C(=O)C(N)=O. The summed E-state index contributed by atoms with van der Waals surface area (Å²) in [6.45, 7) is 16.7. The quantitative estimate of drug-likeness (QED) is 0.0821. The fourth-order valence-electron chi connectivity index (χ4n) is 6.41. The summed E-state index contributed by atoms with van der Waals surface area (Å²) in [7, 11) is 0. The number of amides is 4. The van der Waals surface area contributed by atoms with E-state index in [1.807, 2.05) is 13.8 Å². The summed E-state index contributed by atoms with van der Waals surface area (Å²) in [4.78, 5) is 67.0. The Morgan fingerprint density at radius 1 is 1.08 bits per heavy atom. The maximum absolute atomic E-state index is 14.4. The number of halogens is 2. The van der Waals surface area contributed by atoms with Crippen LogP contribution in [0.4, 0.5) is 13.6 Å². The van der Waals surface area contributed by atoms with Crippen LogP contribution in [0.2, 0.25) is 0 Å². The molecule has 6 N–H and O–H groups in total. The first-order valence-electron chi connectivity index (χ1n) is 16.4. The zero-order valence-corrected chi connectivity index (χ0v) is 28.9. The Bertz CT molecular complexity index is 1380. The Hall–Kier alpha value is -3.71. The largest absolute Gasteiger partial charge is 0.376 e. The minimum absolute atomic E-state index is 0.163. The molecule has 4 amide bonds. The predicted molar refractivity (Wildman–Crippen MR) is 177 cm³/mol. The van der Waals surface area contributed by atoms with Crippen LogP contribution in [0, 0.1) is 28.6 Å². The molecule has 3 rings (SSSR count). The van der Waals surface area contributed by atoms with Crippen molar-refractivity contribution in [2.45, 2.75) is 104 Å². The van der Waals surface area contributed by atoms with Gasteiger partial charge >= 0.3 is 6.03 Å². The van der Waals surface area contributed by atoms with Gasteiger partial charge in [-0.2, -0.15) is 0 Å². The Morgan fingerprint density at radius 3 is 2.15 bits per heavy atom. The number of aliphatic hydroxyl groups excluding tert-OH is 1. The average Bonchev–Trinajstić information content (AvgIpc) is 3.37. The summed E-state index contributed by atoms with van der Waals surface area (Å²) in [5.41, 5.74) is 4.16. The number of hydrogen-bond acceptors (Lipinski definition) is 7. The number of alkyl halides is 2. The summed E-state index contributed by atoms with van der Waals surface area (Å²) in [5, 5.41) is 19.7. The van der Waals surface area contributed by atoms with E-state index in [1.165, 1.54) is 4.90 Å². The van der Waals surface area contributed by atoms with E-state index < -0.39 is 95.5 Å². The average molecular weight is 676 g/mol. The molecule has 13 heteroatoms. The van der Waals surface area contributed by atoms with Gasteiger partial charge in [0.1, 0.15) is 12.3 Å². The van der Waals surface area contributed by atoms with Crippen molar-refractivity contribution < 1.29 is 37.9 Å². The Labute approximate surface area is 281 Å². The minimum atomic E-state index is -2.99. The van der Waals surface area contributed by atoms with Gasteiger partial charge in [-0.15, -0.1) is 6.58 Å². The highest BCUT2D eigenvalue weighted by molar-refractivity contribution is 6.37. The number of carbonyl (C=O) groups excluding carboxylic acids is 5. The topological polar surface area (TPSA) is 171 Å². The number of primary amides is 1. The van der Waals surface area contributed by atoms with Crippen LogP contribution in [0.3, 0.4) is 0 Å². The number of nitrogens with zero attached hydrogens (tertiary/aromatic N) is 1. The maximum Gasteiger partial charge on any atom is 0.316 e. The molecular formula is C35H51F2N5O6. The molecule has 3 unspecified atom stereocenters. The third-order valence-electron chi connectivity index (χ3n) is 9.63. The lowest BCUT2D eigenvalue weighted by atomic mass is 9.74. The van der Waals surface area contributed by atoms with Gasteiger partial charge in [0.2, 0.25) is 11.7 Å². The monoisotopic (exact) mass is 675 g/mol. The van der Waals surface area contributed by atoms with E-state index in [9.17, 15) is 37.9 Å². The van der Waals surface area contributed by atoms with Crippen molar-refractivity contribution >= 4 is 29.4 Å². The second-order valence-corrected chi connectivity index (χ2v) is 15.1. The third kappa shape index (κ3) is 9.04. The first kappa shape index (κ1) is 38.7. The first-order valence-corrected chi connectivity index (χ1v) is 16.4. The molecule has 0 bridgehead atoms. The first-order chi connectivity index (χ1) is 22.1. The van der Waals surface area contributed by atoms with Gasteiger partial charge in [-0.1, -0.05) is 84.9 Å². The van der Waals surface area contributed by atoms with E-state index in [1.54, 1.807) is 71.0 Å². The molecule has 11 nitrogen and oxygen atoms in total. The fourth-order valence-corrected chi connectivity index (χ4v) is 6.41. The molecular weight excluding hydrogens is 624 g/mol. The van der Waals surface area contributed by atoms with Crippen LogP contribution in [0.15, 0.2) is 43.0 Å². The molecule has 1 aromatic carbocycles. The highest BCUT2D eigenvalue weighted by Crippen LogP contribution is 2.51. The number of allylic oxidation sites excluding steroid dienone is 1. The van der Waals surface area contributed by atoms with Crippen LogP contribution in [0.25, 0.3) is 0 Å². The van der Waals surface area contributed by atoms with E-state index in [0.717, 1.165) is 0 Å². The Kier molecular flexibility index (Phi) is 12.0. The highest BCUT2D eigenvalue weighted by atomic mass is 19.3. The number of urea groups is 1. The van der Waals surface area contributed by atoms with Crippen LogP contribution < -0.4 is 21.7 Å². The molecule has 1 aliphatic carbocycles. The Balaban J connectivity index is 1.90. The van der Waals surface area contributed by atoms with Gasteiger partial charge in [0.15, 0.2) is 5.78 Å². The van der Waals surface area contributed by atoms with E-state index >= 15 is 0 Å². The summed E-state index contributed by atoms with van der Waals surface area (Å²) < 4.78 is 27.6. The normalized spacial score (nSPS) is 23.1. The zero-order valence-electron chi connectivity index (χ0n) is 28.9. The summed E-state index contributed by atoms with van der Waals surface area (Å²) in [5.74, 6) is -8.15. The minimum Gasteiger partial charge on any atom is -0.376 e. The van der Waals surface area contributed by atoms with Crippen molar-refractivity contribution in [3.8, 4) is 0 Å². The van der Waals surface area contributed by atoms with Gasteiger partial charge < -0.3 is 26.4 Å². The molecule has 7 atom stereocenters. The fraction of sp³-hybridized carbons (Fsp3) is 0.629. The van der Waals surface area contributed by atoms with Gasteiger partial charge in [-0.3, -0.25) is 24.5 Å². The number of Topliss-reactive ketones (excluding diaryl/α,β-unsaturated/α-hetero) is 2. The lowest BCUT2D eigenvalue weighted by Crippen LogP contribution is -2.63. The van der Waals surface area contributed by atoms with Gasteiger partial charge in [0, 0.05) is 24.4 Å². The standard InChI is InChI=1S/C35H51F2N5O6/c1-9-34(7,8)22-15-16-42(25(22)30(46)39-23(27(44)29(38)45)17-21-18-35(21,36)37)31(47)28(33(4,5)6)41-32(48)40-24(19(2)3)26(43)20-13-11-10-12-14-20/h9-14,19,21-25,28,30,39,46H,1,15-18H2,2-8H3,(H2,38,45)(H2,40,41,48)/t21?,22-,23?,24-,25-,28+,30?/m0/s1. The van der Waals surface area contributed by atoms with Crippen molar-refractivity contribution in [2.75, 3.05) is 6.54 Å². The van der Waals surface area contributed by atoms with Crippen LogP contribution in [-0.2, 0) is 14.4 Å². The molecule has 1 aromatic rings. The van der Waals surface area contributed by atoms with Crippen molar-refractivity contribution in [2.24, 2.45) is 34.3 Å². The van der Waals surface area contributed by atoms with E-state index in [-0.39, 0.29) is 18.2 Å². The van der Waals surface area contributed by atoms with Crippen LogP contribution in [0.5, 0.6) is 0 Å². The second kappa shape index (κ2) is 14.8. The van der Waals surface area contributed by atoms with Crippen LogP contribution in [-0.4, -0.2) is 82.3 Å². The van der Waals surface area contributed by atoms with Gasteiger partial charge in [-0.05, 0) is 35.5 Å². The third-order valence-corrected chi connectivity index (χ3v) is 9.63. The maximum atomic E-state index is 14.4. The molecule has 1 saturated carbocycles. The van der Waals surface area contributed by atoms with Crippen molar-refractivity contribution in [3.05, 3.63) is 48.6 Å². The number of nitrogens with two attached hydrogens (primary N) is 1. The zero-order chi connectivity index (χ0) is 36.4. The molecule has 1 heterocycles. The number of carbonyl (C=O) groups is 5. The van der Waals surface area contributed by atoms with Gasteiger partial charge in [-0.25, -0.2) is 13.6 Å². The number of benzene rings is 1. The van der Waals surface area contributed by atoms with Crippen LogP contribution >= 0.6 is 0 Å². The number of ketones is 2. The van der Waals surface area contributed by atoms with E-state index in [4.69, 9.17) is 5.73 Å². The van der Waals surface area contributed by atoms with Crippen LogP contribution in [0.1, 0.15) is 78.1 Å². The number of aliphatic hydroxyl groups is 1. The van der Waals surface area contributed by atoms with E-state index in [2.05, 4.69) is 22.5 Å². The number of nitrogens with one attached hydrogen (secondary N) is 3. The smallest absolute Gasteiger partial charge is 0.316 e. The summed E-state index contributed by atoms with van der Waals surface area (Å²) in [6.07, 6.45) is -0.418. The second-order valence-electron chi connectivity index (χ2n) is 15.1. The summed E-state index contributed by atoms with van der Waals surface area (Å²) in [6, 6.07) is 3.28. The molecule has 266 valence electrons. The molecule has 0 spiro atoms. The highest BCUT2D eigenvalue weighted by Gasteiger charge is 2.58. The molecule has 2 fully saturated rings. The van der Waals surface area contributed by atoms with E-state index in [0.29, 0.717) is 12.0 Å². The van der Waals surface area contributed by atoms with Gasteiger partial charge in [0.05, 0.1) is 18.1 Å². The van der Waals surface area contributed by atoms with Crippen molar-refractivity contribution in [3.63, 3.8) is 0 Å². The lowest BCUT2D eigenvalue weighted by Gasteiger charge is -2.42. The summed E-state index contributed by atoms with van der Waals surface area (Å²) >= 11 is 0. The predicted octanol–water partition coefficient (Wildman–Crippen LogP) is 3.41. The lowest BCUT2D eigenvalue weighted by molar-refractivity contribution is -0.142. The van der Waals surface area contributed by atoms with Crippen molar-refractivity contribution in [1.82, 2.24) is 20.9 Å². The van der Waals surface area contributed by atoms with Gasteiger partial charge in [0.25, 0.3) is 11.8 Å². The molecule has 1 saturated heterocycles. The Morgan fingerprint density at radius 2 is 1.67 bits per heavy atom. The molecule has 0 radical (unpaired) electrons. The molecule has 48 heavy (non-hydrogen) atoms. The van der Waals surface area contributed by atoms with Crippen molar-refractivity contribution in [1.29, 1.82) is 0 Å². The number of hydrogen-bond donors (Lipinski definition) is 5. The molecule has 1 aliphatic heterocycles. The number of rotatable bonds is 15.